The maximum Gasteiger partial charge on any atom is 0.326 e. The molecule has 1 saturated carbocycles. The van der Waals surface area contributed by atoms with Gasteiger partial charge in [-0.2, -0.15) is 0 Å². The van der Waals surface area contributed by atoms with Gasteiger partial charge in [0.1, 0.15) is 0 Å². The molecule has 0 radical (unpaired) electrons. The van der Waals surface area contributed by atoms with Crippen molar-refractivity contribution in [3.8, 4) is 0 Å². The van der Waals surface area contributed by atoms with Crippen LogP contribution >= 0.6 is 0 Å². The van der Waals surface area contributed by atoms with Gasteiger partial charge in [0.25, 0.3) is 5.91 Å². The first-order chi connectivity index (χ1) is 11.6. The summed E-state index contributed by atoms with van der Waals surface area (Å²) in [4.78, 5) is 30.0. The van der Waals surface area contributed by atoms with Crippen LogP contribution in [0.25, 0.3) is 11.0 Å². The van der Waals surface area contributed by atoms with Crippen molar-refractivity contribution in [2.24, 2.45) is 0 Å². The van der Waals surface area contributed by atoms with Gasteiger partial charge in [0.05, 0.1) is 11.0 Å². The Balaban J connectivity index is 1.69. The van der Waals surface area contributed by atoms with Gasteiger partial charge in [0.15, 0.2) is 0 Å². The van der Waals surface area contributed by atoms with Crippen molar-refractivity contribution in [3.05, 3.63) is 34.2 Å². The molecule has 6 heteroatoms. The molecule has 2 heterocycles. The summed E-state index contributed by atoms with van der Waals surface area (Å²) < 4.78 is 1.88. The number of piperazine rings is 1. The van der Waals surface area contributed by atoms with E-state index in [2.05, 4.69) is 17.2 Å². The highest BCUT2D eigenvalue weighted by atomic mass is 16.2. The number of amides is 1. The molecular weight excluding hydrogens is 304 g/mol. The molecule has 2 N–H and O–H groups in total. The van der Waals surface area contributed by atoms with Gasteiger partial charge in [0.2, 0.25) is 0 Å². The van der Waals surface area contributed by atoms with Crippen LogP contribution in [0.15, 0.2) is 23.0 Å². The first-order valence-electron chi connectivity index (χ1n) is 8.91. The minimum atomic E-state index is -0.0583. The fourth-order valence-electron chi connectivity index (χ4n) is 4.10. The van der Waals surface area contributed by atoms with Gasteiger partial charge in [-0.1, -0.05) is 12.8 Å². The second-order valence-electron chi connectivity index (χ2n) is 7.02. The molecule has 1 aromatic carbocycles. The Morgan fingerprint density at radius 3 is 2.79 bits per heavy atom. The lowest BCUT2D eigenvalue weighted by Crippen LogP contribution is -2.52. The normalized spacial score (nSPS) is 22.4. The van der Waals surface area contributed by atoms with Gasteiger partial charge in [-0.05, 0) is 38.0 Å². The smallest absolute Gasteiger partial charge is 0.326 e. The number of rotatable bonds is 2. The van der Waals surface area contributed by atoms with Crippen LogP contribution in [0.5, 0.6) is 0 Å². The van der Waals surface area contributed by atoms with E-state index >= 15 is 0 Å². The highest BCUT2D eigenvalue weighted by Gasteiger charge is 2.25. The van der Waals surface area contributed by atoms with Crippen molar-refractivity contribution in [2.45, 2.75) is 44.7 Å². The van der Waals surface area contributed by atoms with E-state index in [4.69, 9.17) is 0 Å². The lowest BCUT2D eigenvalue weighted by molar-refractivity contribution is 0.0656. The summed E-state index contributed by atoms with van der Waals surface area (Å²) in [7, 11) is 0. The maximum absolute atomic E-state index is 12.8. The third-order valence-electron chi connectivity index (χ3n) is 5.42. The van der Waals surface area contributed by atoms with E-state index in [9.17, 15) is 9.59 Å². The maximum atomic E-state index is 12.8. The standard InChI is InChI=1S/C18H24N4O2/c1-12-11-19-8-9-21(12)17(23)13-6-7-16-15(10-13)20-18(24)22(16)14-4-2-3-5-14/h6-7,10,12,14,19H,2-5,8-9,11H2,1H3,(H,20,24)/t12-/m1/s1. The molecule has 128 valence electrons. The van der Waals surface area contributed by atoms with E-state index in [1.54, 1.807) is 0 Å². The van der Waals surface area contributed by atoms with Gasteiger partial charge < -0.3 is 15.2 Å². The molecule has 0 unspecified atom stereocenters. The van der Waals surface area contributed by atoms with Crippen molar-refractivity contribution in [1.82, 2.24) is 19.8 Å². The van der Waals surface area contributed by atoms with Crippen LogP contribution in [0.1, 0.15) is 49.0 Å². The van der Waals surface area contributed by atoms with Gasteiger partial charge in [-0.15, -0.1) is 0 Å². The van der Waals surface area contributed by atoms with E-state index in [1.807, 2.05) is 27.7 Å². The lowest BCUT2D eigenvalue weighted by Gasteiger charge is -2.34. The Hall–Kier alpha value is -2.08. The summed E-state index contributed by atoms with van der Waals surface area (Å²) in [6.07, 6.45) is 4.49. The summed E-state index contributed by atoms with van der Waals surface area (Å²) in [6, 6.07) is 6.09. The van der Waals surface area contributed by atoms with Crippen molar-refractivity contribution in [3.63, 3.8) is 0 Å². The summed E-state index contributed by atoms with van der Waals surface area (Å²) in [6.45, 7) is 4.43. The van der Waals surface area contributed by atoms with Crippen LogP contribution in [0.3, 0.4) is 0 Å². The quantitative estimate of drug-likeness (QED) is 0.884. The zero-order valence-electron chi connectivity index (χ0n) is 14.0. The Bertz CT molecular complexity index is 816. The predicted octanol–water partition coefficient (Wildman–Crippen LogP) is 1.88. The molecule has 1 amide bonds. The fraction of sp³-hybridized carbons (Fsp3) is 0.556. The second kappa shape index (κ2) is 6.09. The first-order valence-corrected chi connectivity index (χ1v) is 8.91. The minimum Gasteiger partial charge on any atom is -0.333 e. The molecule has 6 nitrogen and oxygen atoms in total. The zero-order valence-corrected chi connectivity index (χ0v) is 14.0. The van der Waals surface area contributed by atoms with Gasteiger partial charge >= 0.3 is 5.69 Å². The number of carbonyl (C=O) groups excluding carboxylic acids is 1. The van der Waals surface area contributed by atoms with Crippen LogP contribution in [0.4, 0.5) is 0 Å². The van der Waals surface area contributed by atoms with Crippen LogP contribution in [0.2, 0.25) is 0 Å². The third-order valence-corrected chi connectivity index (χ3v) is 5.42. The van der Waals surface area contributed by atoms with Crippen LogP contribution in [0, 0.1) is 0 Å². The first kappa shape index (κ1) is 15.4. The molecule has 2 aromatic rings. The topological polar surface area (TPSA) is 70.1 Å². The average molecular weight is 328 g/mol. The second-order valence-corrected chi connectivity index (χ2v) is 7.02. The zero-order chi connectivity index (χ0) is 16.7. The molecule has 2 aliphatic rings. The number of nitrogens with one attached hydrogen (secondary N) is 2. The summed E-state index contributed by atoms with van der Waals surface area (Å²) in [5.41, 5.74) is 2.27. The van der Waals surface area contributed by atoms with Crippen LogP contribution in [-0.2, 0) is 0 Å². The Morgan fingerprint density at radius 2 is 2.04 bits per heavy atom. The van der Waals surface area contributed by atoms with Crippen molar-refractivity contribution in [2.75, 3.05) is 19.6 Å². The van der Waals surface area contributed by atoms with Crippen molar-refractivity contribution < 1.29 is 4.79 Å². The number of imidazole rings is 1. The number of aromatic amines is 1. The fourth-order valence-corrected chi connectivity index (χ4v) is 4.10. The molecule has 1 aromatic heterocycles. The average Bonchev–Trinajstić information content (AvgIpc) is 3.20. The SMILES string of the molecule is C[C@@H]1CNCCN1C(=O)c1ccc2c(c1)[nH]c(=O)n2C1CCCC1. The number of fused-ring (bicyclic) bond motifs is 1. The predicted molar refractivity (Wildman–Crippen MR) is 93.4 cm³/mol. The Labute approximate surface area is 140 Å². The van der Waals surface area contributed by atoms with Crippen molar-refractivity contribution in [1.29, 1.82) is 0 Å². The van der Waals surface area contributed by atoms with E-state index in [-0.39, 0.29) is 17.6 Å². The Kier molecular flexibility index (Phi) is 3.92. The lowest BCUT2D eigenvalue weighted by atomic mass is 10.1. The molecule has 4 rings (SSSR count). The highest BCUT2D eigenvalue weighted by molar-refractivity contribution is 5.97. The minimum absolute atomic E-state index is 0.0420. The van der Waals surface area contributed by atoms with Gasteiger partial charge in [-0.3, -0.25) is 9.36 Å². The summed E-state index contributed by atoms with van der Waals surface area (Å²) in [5.74, 6) is 0.0420. The molecule has 1 aliphatic heterocycles. The van der Waals surface area contributed by atoms with E-state index < -0.39 is 0 Å². The number of H-pyrrole nitrogens is 1. The molecule has 0 spiro atoms. The number of aromatic nitrogens is 2. The summed E-state index contributed by atoms with van der Waals surface area (Å²) in [5, 5.41) is 3.30. The van der Waals surface area contributed by atoms with Gasteiger partial charge in [0, 0.05) is 37.3 Å². The number of benzene rings is 1. The third kappa shape index (κ3) is 2.55. The molecule has 1 saturated heterocycles. The molecule has 24 heavy (non-hydrogen) atoms. The molecule has 2 fully saturated rings. The summed E-state index contributed by atoms with van der Waals surface area (Å²) >= 11 is 0. The van der Waals surface area contributed by atoms with E-state index in [0.717, 1.165) is 43.5 Å². The van der Waals surface area contributed by atoms with Crippen LogP contribution in [-0.4, -0.2) is 46.0 Å². The largest absolute Gasteiger partial charge is 0.333 e. The van der Waals surface area contributed by atoms with E-state index in [0.29, 0.717) is 11.6 Å². The highest BCUT2D eigenvalue weighted by Crippen LogP contribution is 2.30. The number of hydrogen-bond acceptors (Lipinski definition) is 3. The van der Waals surface area contributed by atoms with E-state index in [1.165, 1.54) is 12.8 Å². The van der Waals surface area contributed by atoms with Crippen molar-refractivity contribution >= 4 is 16.9 Å². The van der Waals surface area contributed by atoms with Crippen LogP contribution < -0.4 is 11.0 Å². The molecular formula is C18H24N4O2. The molecule has 1 atom stereocenters. The molecule has 1 aliphatic carbocycles. The number of nitrogens with zero attached hydrogens (tertiary/aromatic N) is 2. The monoisotopic (exact) mass is 328 g/mol. The number of hydrogen-bond donors (Lipinski definition) is 2. The Morgan fingerprint density at radius 1 is 1.25 bits per heavy atom. The number of carbonyl (C=O) groups is 1. The molecule has 0 bridgehead atoms. The van der Waals surface area contributed by atoms with Gasteiger partial charge in [-0.25, -0.2) is 4.79 Å².